The highest BCUT2D eigenvalue weighted by Crippen LogP contribution is 2.38. The van der Waals surface area contributed by atoms with E-state index in [9.17, 15) is 9.59 Å². The molecule has 5 heteroatoms. The summed E-state index contributed by atoms with van der Waals surface area (Å²) in [5.41, 5.74) is 2.16. The quantitative estimate of drug-likeness (QED) is 0.334. The topological polar surface area (TPSA) is 43.4 Å². The van der Waals surface area contributed by atoms with Crippen LogP contribution in [0.3, 0.4) is 0 Å². The van der Waals surface area contributed by atoms with E-state index in [-0.39, 0.29) is 11.6 Å². The van der Waals surface area contributed by atoms with Crippen LogP contribution in [0.4, 0.5) is 0 Å². The molecule has 0 aromatic heterocycles. The second-order valence-corrected chi connectivity index (χ2v) is 8.59. The summed E-state index contributed by atoms with van der Waals surface area (Å²) in [7, 11) is 1.60. The van der Waals surface area contributed by atoms with Crippen molar-refractivity contribution in [3.8, 4) is 5.75 Å². The average Bonchev–Trinajstić information content (AvgIpc) is 2.73. The van der Waals surface area contributed by atoms with Gasteiger partial charge in [0, 0.05) is 14.5 Å². The number of hydrogen-bond donors (Lipinski definition) is 0. The molecular weight excluding hydrogens is 496 g/mol. The number of halogens is 2. The summed E-state index contributed by atoms with van der Waals surface area (Å²) >= 11 is 6.84. The number of carbonyl (C=O) groups is 2. The predicted octanol–water partition coefficient (Wildman–Crippen LogP) is 6.56. The molecule has 0 spiro atoms. The standard InChI is InChI=1S/C24H20Br2O3/c1-15(27)22(16-7-13-21(29-2)14-8-16)23(17-3-9-19(25)10-4-17)24(28)18-5-11-20(26)12-6-18/h3-14,22-23H,1-2H3. The van der Waals surface area contributed by atoms with Crippen LogP contribution in [0.25, 0.3) is 0 Å². The van der Waals surface area contributed by atoms with E-state index in [0.29, 0.717) is 11.3 Å². The SMILES string of the molecule is COc1ccc(C(C(C)=O)C(C(=O)c2ccc(Br)cc2)c2ccc(Br)cc2)cc1. The molecule has 3 aromatic rings. The zero-order valence-electron chi connectivity index (χ0n) is 16.1. The van der Waals surface area contributed by atoms with E-state index in [1.807, 2.05) is 60.7 Å². The highest BCUT2D eigenvalue weighted by molar-refractivity contribution is 9.10. The van der Waals surface area contributed by atoms with Crippen molar-refractivity contribution in [1.29, 1.82) is 0 Å². The number of ketones is 2. The summed E-state index contributed by atoms with van der Waals surface area (Å²) in [6.07, 6.45) is 0. The average molecular weight is 516 g/mol. The normalized spacial score (nSPS) is 12.8. The lowest BCUT2D eigenvalue weighted by atomic mass is 9.75. The molecule has 148 valence electrons. The maximum Gasteiger partial charge on any atom is 0.171 e. The molecule has 0 N–H and O–H groups in total. The third kappa shape index (κ3) is 5.03. The lowest BCUT2D eigenvalue weighted by Gasteiger charge is -2.25. The number of benzene rings is 3. The molecule has 3 rings (SSSR count). The first-order chi connectivity index (χ1) is 13.9. The number of Topliss-reactive ketones (excluding diaryl/α,β-unsaturated/α-hetero) is 2. The fourth-order valence-electron chi connectivity index (χ4n) is 3.43. The minimum Gasteiger partial charge on any atom is -0.497 e. The molecule has 0 radical (unpaired) electrons. The van der Waals surface area contributed by atoms with Crippen LogP contribution in [0.15, 0.2) is 81.7 Å². The number of carbonyl (C=O) groups excluding carboxylic acids is 2. The van der Waals surface area contributed by atoms with Crippen LogP contribution >= 0.6 is 31.9 Å². The second kappa shape index (κ2) is 9.51. The van der Waals surface area contributed by atoms with Crippen LogP contribution in [0.2, 0.25) is 0 Å². The molecule has 0 aliphatic rings. The van der Waals surface area contributed by atoms with Crippen LogP contribution in [0.1, 0.15) is 40.2 Å². The van der Waals surface area contributed by atoms with Crippen molar-refractivity contribution in [2.45, 2.75) is 18.8 Å². The Morgan fingerprint density at radius 2 is 1.17 bits per heavy atom. The first kappa shape index (κ1) is 21.5. The minimum absolute atomic E-state index is 0.0615. The highest BCUT2D eigenvalue weighted by atomic mass is 79.9. The summed E-state index contributed by atoms with van der Waals surface area (Å²) in [5.74, 6) is -0.673. The van der Waals surface area contributed by atoms with Gasteiger partial charge in [-0.15, -0.1) is 0 Å². The molecule has 29 heavy (non-hydrogen) atoms. The van der Waals surface area contributed by atoms with E-state index in [1.165, 1.54) is 6.92 Å². The van der Waals surface area contributed by atoms with Crippen LogP contribution in [-0.4, -0.2) is 18.7 Å². The number of methoxy groups -OCH3 is 1. The number of ether oxygens (including phenoxy) is 1. The highest BCUT2D eigenvalue weighted by Gasteiger charge is 2.34. The summed E-state index contributed by atoms with van der Waals surface area (Å²) in [6, 6.07) is 22.1. The third-order valence-corrected chi connectivity index (χ3v) is 5.94. The third-order valence-electron chi connectivity index (χ3n) is 4.89. The van der Waals surface area contributed by atoms with Crippen molar-refractivity contribution in [3.05, 3.63) is 98.4 Å². The van der Waals surface area contributed by atoms with Gasteiger partial charge in [-0.3, -0.25) is 9.59 Å². The van der Waals surface area contributed by atoms with E-state index >= 15 is 0 Å². The first-order valence-electron chi connectivity index (χ1n) is 9.10. The number of rotatable bonds is 7. The monoisotopic (exact) mass is 514 g/mol. The van der Waals surface area contributed by atoms with Crippen LogP contribution in [0.5, 0.6) is 5.75 Å². The van der Waals surface area contributed by atoms with Gasteiger partial charge >= 0.3 is 0 Å². The van der Waals surface area contributed by atoms with Crippen LogP contribution in [0, 0.1) is 0 Å². The Bertz CT molecular complexity index is 994. The Hall–Kier alpha value is -2.24. The molecule has 0 saturated heterocycles. The molecule has 0 aliphatic heterocycles. The molecule has 2 atom stereocenters. The van der Waals surface area contributed by atoms with Crippen molar-refractivity contribution in [1.82, 2.24) is 0 Å². The van der Waals surface area contributed by atoms with E-state index in [1.54, 1.807) is 19.2 Å². The molecular formula is C24H20Br2O3. The van der Waals surface area contributed by atoms with Crippen molar-refractivity contribution in [2.75, 3.05) is 7.11 Å². The first-order valence-corrected chi connectivity index (χ1v) is 10.7. The summed E-state index contributed by atoms with van der Waals surface area (Å²) in [4.78, 5) is 26.4. The fourth-order valence-corrected chi connectivity index (χ4v) is 3.96. The molecule has 3 aromatic carbocycles. The van der Waals surface area contributed by atoms with E-state index in [2.05, 4.69) is 31.9 Å². The Morgan fingerprint density at radius 3 is 1.66 bits per heavy atom. The molecule has 0 fully saturated rings. The Morgan fingerprint density at radius 1 is 0.724 bits per heavy atom. The Balaban J connectivity index is 2.12. The molecule has 0 heterocycles. The lowest BCUT2D eigenvalue weighted by molar-refractivity contribution is -0.118. The van der Waals surface area contributed by atoms with Gasteiger partial charge in [0.25, 0.3) is 0 Å². The molecule has 0 aliphatic carbocycles. The van der Waals surface area contributed by atoms with Gasteiger partial charge in [-0.25, -0.2) is 0 Å². The summed E-state index contributed by atoms with van der Waals surface area (Å²) in [6.45, 7) is 1.54. The van der Waals surface area contributed by atoms with Gasteiger partial charge in [0.15, 0.2) is 5.78 Å². The predicted molar refractivity (Wildman–Crippen MR) is 122 cm³/mol. The van der Waals surface area contributed by atoms with Crippen molar-refractivity contribution in [3.63, 3.8) is 0 Å². The van der Waals surface area contributed by atoms with E-state index in [0.717, 1.165) is 20.1 Å². The van der Waals surface area contributed by atoms with Gasteiger partial charge in [-0.05, 0) is 54.4 Å². The second-order valence-electron chi connectivity index (χ2n) is 6.76. The van der Waals surface area contributed by atoms with Gasteiger partial charge in [0.1, 0.15) is 11.5 Å². The van der Waals surface area contributed by atoms with Gasteiger partial charge in [0.05, 0.1) is 18.9 Å². The van der Waals surface area contributed by atoms with E-state index < -0.39 is 11.8 Å². The van der Waals surface area contributed by atoms with E-state index in [4.69, 9.17) is 4.74 Å². The Labute approximate surface area is 187 Å². The molecule has 0 amide bonds. The molecule has 0 bridgehead atoms. The fraction of sp³-hybridized carbons (Fsp3) is 0.167. The van der Waals surface area contributed by atoms with Crippen LogP contribution in [-0.2, 0) is 4.79 Å². The van der Waals surface area contributed by atoms with Gasteiger partial charge < -0.3 is 4.74 Å². The van der Waals surface area contributed by atoms with Crippen molar-refractivity contribution < 1.29 is 14.3 Å². The lowest BCUT2D eigenvalue weighted by Crippen LogP contribution is -2.25. The zero-order chi connectivity index (χ0) is 21.0. The maximum atomic E-state index is 13.6. The Kier molecular flexibility index (Phi) is 7.04. The molecule has 2 unspecified atom stereocenters. The largest absolute Gasteiger partial charge is 0.497 e. The smallest absolute Gasteiger partial charge is 0.171 e. The van der Waals surface area contributed by atoms with Gasteiger partial charge in [-0.2, -0.15) is 0 Å². The van der Waals surface area contributed by atoms with Crippen LogP contribution < -0.4 is 4.74 Å². The summed E-state index contributed by atoms with van der Waals surface area (Å²) < 4.78 is 7.05. The minimum atomic E-state index is -0.629. The maximum absolute atomic E-state index is 13.6. The zero-order valence-corrected chi connectivity index (χ0v) is 19.2. The van der Waals surface area contributed by atoms with Gasteiger partial charge in [-0.1, -0.05) is 68.3 Å². The number of hydrogen-bond acceptors (Lipinski definition) is 3. The van der Waals surface area contributed by atoms with Crippen molar-refractivity contribution >= 4 is 43.4 Å². The molecule has 0 saturated carbocycles. The molecule has 3 nitrogen and oxygen atoms in total. The summed E-state index contributed by atoms with van der Waals surface area (Å²) in [5, 5.41) is 0. The van der Waals surface area contributed by atoms with Gasteiger partial charge in [0.2, 0.25) is 0 Å². The van der Waals surface area contributed by atoms with Crippen molar-refractivity contribution in [2.24, 2.45) is 0 Å².